The third-order valence-corrected chi connectivity index (χ3v) is 5.95. The van der Waals surface area contributed by atoms with E-state index in [1.165, 1.54) is 0 Å². The van der Waals surface area contributed by atoms with Crippen molar-refractivity contribution in [3.8, 4) is 28.3 Å². The summed E-state index contributed by atoms with van der Waals surface area (Å²) >= 11 is 0. The number of morpholine rings is 1. The van der Waals surface area contributed by atoms with Gasteiger partial charge in [-0.15, -0.1) is 0 Å². The van der Waals surface area contributed by atoms with Gasteiger partial charge in [0.2, 0.25) is 5.91 Å². The molecule has 1 amide bonds. The number of benzene rings is 1. The minimum absolute atomic E-state index is 0.438. The molecule has 0 unspecified atom stereocenters. The van der Waals surface area contributed by atoms with Crippen molar-refractivity contribution in [1.29, 1.82) is 0 Å². The second-order valence-corrected chi connectivity index (χ2v) is 8.20. The van der Waals surface area contributed by atoms with Crippen molar-refractivity contribution < 1.29 is 9.53 Å². The number of aromatic nitrogens is 6. The first-order valence-electron chi connectivity index (χ1n) is 11.3. The second kappa shape index (κ2) is 8.65. The molecule has 35 heavy (non-hydrogen) atoms. The molecule has 0 spiro atoms. The van der Waals surface area contributed by atoms with E-state index in [0.717, 1.165) is 35.7 Å². The second-order valence-electron chi connectivity index (χ2n) is 8.20. The number of nitrogens with zero attached hydrogens (tertiary/aromatic N) is 7. The molecular formula is C25H22N8O2. The lowest BCUT2D eigenvalue weighted by Gasteiger charge is -2.29. The fourth-order valence-corrected chi connectivity index (χ4v) is 4.17. The maximum Gasteiger partial charge on any atom is 0.248 e. The Hall–Kier alpha value is -4.57. The number of hydrogen-bond donors (Lipinski definition) is 1. The summed E-state index contributed by atoms with van der Waals surface area (Å²) in [5.41, 5.74) is 9.82. The molecule has 1 fully saturated rings. The van der Waals surface area contributed by atoms with Gasteiger partial charge in [-0.25, -0.2) is 9.67 Å². The van der Waals surface area contributed by atoms with Crippen LogP contribution in [0.4, 0.5) is 5.82 Å². The number of ether oxygens (including phenoxy) is 1. The Bertz CT molecular complexity index is 1520. The molecule has 1 aliphatic rings. The van der Waals surface area contributed by atoms with Gasteiger partial charge < -0.3 is 15.4 Å². The normalized spacial score (nSPS) is 13.9. The molecular weight excluding hydrogens is 444 g/mol. The molecule has 10 heteroatoms. The van der Waals surface area contributed by atoms with Crippen molar-refractivity contribution in [3.05, 3.63) is 78.8 Å². The Morgan fingerprint density at radius 3 is 2.60 bits per heavy atom. The number of pyridine rings is 1. The lowest BCUT2D eigenvalue weighted by atomic mass is 10.1. The van der Waals surface area contributed by atoms with Crippen molar-refractivity contribution in [2.24, 2.45) is 5.73 Å². The van der Waals surface area contributed by atoms with E-state index in [4.69, 9.17) is 25.7 Å². The van der Waals surface area contributed by atoms with E-state index in [0.29, 0.717) is 35.9 Å². The molecule has 0 radical (unpaired) electrons. The van der Waals surface area contributed by atoms with Crippen LogP contribution < -0.4 is 10.6 Å². The molecule has 1 aromatic carbocycles. The van der Waals surface area contributed by atoms with Crippen LogP contribution in [0.25, 0.3) is 34.0 Å². The standard InChI is InChI=1S/C25H22N8O2/c26-25(34)18-4-1-3-17(13-18)20-6-8-32(29-20)22-15-24(31-9-11-35-12-10-31)33-23(28-22)14-21(30-33)19-5-2-7-27-16-19/h1-8,13-16H,9-12H2,(H2,26,34). The number of amides is 1. The van der Waals surface area contributed by atoms with Crippen molar-refractivity contribution in [2.75, 3.05) is 31.2 Å². The molecule has 1 aliphatic heterocycles. The Balaban J connectivity index is 1.45. The maximum atomic E-state index is 11.6. The zero-order valence-electron chi connectivity index (χ0n) is 18.8. The first-order chi connectivity index (χ1) is 17.2. The summed E-state index contributed by atoms with van der Waals surface area (Å²) in [7, 11) is 0. The zero-order valence-corrected chi connectivity index (χ0v) is 18.8. The van der Waals surface area contributed by atoms with Crippen LogP contribution in [0.1, 0.15) is 10.4 Å². The third-order valence-electron chi connectivity index (χ3n) is 5.95. The van der Waals surface area contributed by atoms with Gasteiger partial charge in [0.05, 0.1) is 24.6 Å². The number of carbonyl (C=O) groups excluding carboxylic acids is 1. The van der Waals surface area contributed by atoms with E-state index < -0.39 is 5.91 Å². The average molecular weight is 467 g/mol. The Morgan fingerprint density at radius 1 is 0.943 bits per heavy atom. The fourth-order valence-electron chi connectivity index (χ4n) is 4.17. The van der Waals surface area contributed by atoms with Crippen LogP contribution in [0.15, 0.2) is 73.2 Å². The van der Waals surface area contributed by atoms with Crippen molar-refractivity contribution in [1.82, 2.24) is 29.4 Å². The Labute approximate surface area is 200 Å². The van der Waals surface area contributed by atoms with E-state index in [2.05, 4.69) is 9.88 Å². The summed E-state index contributed by atoms with van der Waals surface area (Å²) in [4.78, 5) is 22.9. The molecule has 0 saturated carbocycles. The summed E-state index contributed by atoms with van der Waals surface area (Å²) in [6, 6.07) is 16.8. The largest absolute Gasteiger partial charge is 0.378 e. The monoisotopic (exact) mass is 466 g/mol. The van der Waals surface area contributed by atoms with E-state index >= 15 is 0 Å². The van der Waals surface area contributed by atoms with Crippen LogP contribution in [0.2, 0.25) is 0 Å². The van der Waals surface area contributed by atoms with Gasteiger partial charge in [0.1, 0.15) is 5.82 Å². The summed E-state index contributed by atoms with van der Waals surface area (Å²) in [6.07, 6.45) is 5.38. The molecule has 2 N–H and O–H groups in total. The predicted molar refractivity (Wildman–Crippen MR) is 130 cm³/mol. The summed E-state index contributed by atoms with van der Waals surface area (Å²) in [5.74, 6) is 1.10. The SMILES string of the molecule is NC(=O)c1cccc(-c2ccn(-c3cc(N4CCOCC4)n4nc(-c5cccnc5)cc4n3)n2)c1. The van der Waals surface area contributed by atoms with Gasteiger partial charge in [-0.2, -0.15) is 14.7 Å². The fraction of sp³-hybridized carbons (Fsp3) is 0.160. The molecule has 5 aromatic rings. The van der Waals surface area contributed by atoms with Crippen LogP contribution in [0.5, 0.6) is 0 Å². The number of fused-ring (bicyclic) bond motifs is 1. The highest BCUT2D eigenvalue weighted by Crippen LogP contribution is 2.26. The summed E-state index contributed by atoms with van der Waals surface area (Å²) < 4.78 is 9.14. The lowest BCUT2D eigenvalue weighted by molar-refractivity contribution is 0.100. The van der Waals surface area contributed by atoms with Crippen LogP contribution in [-0.2, 0) is 4.74 Å². The quantitative estimate of drug-likeness (QED) is 0.423. The first-order valence-corrected chi connectivity index (χ1v) is 11.3. The highest BCUT2D eigenvalue weighted by atomic mass is 16.5. The molecule has 4 aromatic heterocycles. The molecule has 0 atom stereocenters. The van der Waals surface area contributed by atoms with Gasteiger partial charge in [-0.3, -0.25) is 9.78 Å². The number of primary amides is 1. The van der Waals surface area contributed by atoms with Crippen molar-refractivity contribution >= 4 is 17.4 Å². The molecule has 0 aliphatic carbocycles. The number of carbonyl (C=O) groups is 1. The topological polar surface area (TPSA) is 116 Å². The maximum absolute atomic E-state index is 11.6. The van der Waals surface area contributed by atoms with Crippen molar-refractivity contribution in [3.63, 3.8) is 0 Å². The van der Waals surface area contributed by atoms with Crippen LogP contribution in [0.3, 0.4) is 0 Å². The smallest absolute Gasteiger partial charge is 0.248 e. The van der Waals surface area contributed by atoms with Gasteiger partial charge in [0.25, 0.3) is 0 Å². The number of rotatable bonds is 5. The van der Waals surface area contributed by atoms with Gasteiger partial charge in [-0.05, 0) is 30.3 Å². The zero-order chi connectivity index (χ0) is 23.8. The van der Waals surface area contributed by atoms with Gasteiger partial charge in [-0.1, -0.05) is 12.1 Å². The van der Waals surface area contributed by atoms with Gasteiger partial charge in [0.15, 0.2) is 11.5 Å². The van der Waals surface area contributed by atoms with Gasteiger partial charge in [0, 0.05) is 60.5 Å². The summed E-state index contributed by atoms with van der Waals surface area (Å²) in [5, 5.41) is 9.56. The van der Waals surface area contributed by atoms with Crippen LogP contribution >= 0.6 is 0 Å². The number of nitrogens with two attached hydrogens (primary N) is 1. The Morgan fingerprint density at radius 2 is 1.80 bits per heavy atom. The van der Waals surface area contributed by atoms with E-state index in [1.807, 2.05) is 47.1 Å². The number of anilines is 1. The van der Waals surface area contributed by atoms with Crippen LogP contribution in [0, 0.1) is 0 Å². The van der Waals surface area contributed by atoms with Crippen molar-refractivity contribution in [2.45, 2.75) is 0 Å². The molecule has 5 heterocycles. The predicted octanol–water partition coefficient (Wildman–Crippen LogP) is 2.58. The minimum Gasteiger partial charge on any atom is -0.378 e. The molecule has 174 valence electrons. The average Bonchev–Trinajstić information content (AvgIpc) is 3.57. The third kappa shape index (κ3) is 4.00. The molecule has 1 saturated heterocycles. The highest BCUT2D eigenvalue weighted by molar-refractivity contribution is 5.94. The molecule has 10 nitrogen and oxygen atoms in total. The van der Waals surface area contributed by atoms with E-state index in [-0.39, 0.29) is 0 Å². The van der Waals surface area contributed by atoms with Gasteiger partial charge >= 0.3 is 0 Å². The lowest BCUT2D eigenvalue weighted by Crippen LogP contribution is -2.37. The number of hydrogen-bond acceptors (Lipinski definition) is 7. The van der Waals surface area contributed by atoms with E-state index in [9.17, 15) is 4.79 Å². The molecule has 0 bridgehead atoms. The molecule has 6 rings (SSSR count). The first kappa shape index (κ1) is 21.0. The van der Waals surface area contributed by atoms with E-state index in [1.54, 1.807) is 35.3 Å². The highest BCUT2D eigenvalue weighted by Gasteiger charge is 2.19. The minimum atomic E-state index is -0.473. The van der Waals surface area contributed by atoms with Crippen LogP contribution in [-0.4, -0.2) is 61.6 Å². The Kier molecular flexibility index (Phi) is 5.19. The summed E-state index contributed by atoms with van der Waals surface area (Å²) in [6.45, 7) is 2.81.